The number of carbonyl (C=O) groups excluding carboxylic acids is 2. The van der Waals surface area contributed by atoms with Crippen LogP contribution in [0.15, 0.2) is 28.7 Å². The molecule has 1 saturated carbocycles. The van der Waals surface area contributed by atoms with E-state index in [1.165, 1.54) is 0 Å². The molecule has 0 atom stereocenters. The van der Waals surface area contributed by atoms with Crippen molar-refractivity contribution in [2.75, 3.05) is 11.9 Å². The minimum Gasteiger partial charge on any atom is -0.335 e. The summed E-state index contributed by atoms with van der Waals surface area (Å²) in [4.78, 5) is 22.8. The number of hydrogen-bond acceptors (Lipinski definition) is 2. The molecule has 1 aromatic carbocycles. The predicted octanol–water partition coefficient (Wildman–Crippen LogP) is 1.85. The van der Waals surface area contributed by atoms with Crippen molar-refractivity contribution < 1.29 is 9.59 Å². The zero-order valence-electron chi connectivity index (χ0n) is 9.70. The van der Waals surface area contributed by atoms with E-state index in [9.17, 15) is 9.59 Å². The Kier molecular flexibility index (Phi) is 4.19. The first kappa shape index (κ1) is 12.9. The largest absolute Gasteiger partial charge is 0.335 e. The second-order valence-corrected chi connectivity index (χ2v) is 5.07. The van der Waals surface area contributed by atoms with Crippen LogP contribution >= 0.6 is 15.9 Å². The van der Waals surface area contributed by atoms with Crippen molar-refractivity contribution in [1.29, 1.82) is 0 Å². The summed E-state index contributed by atoms with van der Waals surface area (Å²) < 4.78 is 0.947. The van der Waals surface area contributed by atoms with Crippen LogP contribution in [-0.4, -0.2) is 24.5 Å². The second-order valence-electron chi connectivity index (χ2n) is 4.16. The third-order valence-corrected chi connectivity index (χ3v) is 2.98. The minimum atomic E-state index is -0.288. The van der Waals surface area contributed by atoms with Crippen LogP contribution in [-0.2, 0) is 4.79 Å². The topological polar surface area (TPSA) is 70.2 Å². The molecule has 1 aliphatic carbocycles. The van der Waals surface area contributed by atoms with Crippen molar-refractivity contribution in [3.05, 3.63) is 28.7 Å². The van der Waals surface area contributed by atoms with Crippen molar-refractivity contribution in [1.82, 2.24) is 10.6 Å². The zero-order chi connectivity index (χ0) is 13.0. The Balaban J connectivity index is 1.70. The normalized spacial score (nSPS) is 13.8. The lowest BCUT2D eigenvalue weighted by Gasteiger charge is -2.07. The van der Waals surface area contributed by atoms with Crippen LogP contribution in [0.3, 0.4) is 0 Å². The molecule has 3 N–H and O–H groups in total. The van der Waals surface area contributed by atoms with Crippen LogP contribution in [0.5, 0.6) is 0 Å². The summed E-state index contributed by atoms with van der Waals surface area (Å²) in [6.45, 7) is -0.0331. The lowest BCUT2D eigenvalue weighted by Crippen LogP contribution is -2.40. The van der Waals surface area contributed by atoms with Gasteiger partial charge in [0.1, 0.15) is 0 Å². The lowest BCUT2D eigenvalue weighted by molar-refractivity contribution is -0.115. The Labute approximate surface area is 113 Å². The molecule has 0 unspecified atom stereocenters. The van der Waals surface area contributed by atoms with E-state index < -0.39 is 0 Å². The number of rotatable bonds is 4. The standard InChI is InChI=1S/C12H14BrN3O2/c13-8-1-3-9(4-2-8)15-11(17)7-14-12(18)16-10-5-6-10/h1-4,10H,5-7H2,(H,15,17)(H2,14,16,18). The Morgan fingerprint density at radius 2 is 1.89 bits per heavy atom. The molecule has 0 radical (unpaired) electrons. The molecule has 0 bridgehead atoms. The summed E-state index contributed by atoms with van der Waals surface area (Å²) in [6.07, 6.45) is 2.05. The summed E-state index contributed by atoms with van der Waals surface area (Å²) in [6, 6.07) is 7.24. The minimum absolute atomic E-state index is 0.0331. The fraction of sp³-hybridized carbons (Fsp3) is 0.333. The summed E-state index contributed by atoms with van der Waals surface area (Å²) in [5.74, 6) is -0.247. The fourth-order valence-corrected chi connectivity index (χ4v) is 1.63. The molecule has 5 nitrogen and oxygen atoms in total. The maximum Gasteiger partial charge on any atom is 0.315 e. The fourth-order valence-electron chi connectivity index (χ4n) is 1.36. The number of benzene rings is 1. The third kappa shape index (κ3) is 4.37. The Hall–Kier alpha value is -1.56. The van der Waals surface area contributed by atoms with Gasteiger partial charge in [-0.25, -0.2) is 4.79 Å². The van der Waals surface area contributed by atoms with Gasteiger partial charge in [0.2, 0.25) is 5.91 Å². The van der Waals surface area contributed by atoms with E-state index in [-0.39, 0.29) is 18.5 Å². The molecule has 2 rings (SSSR count). The van der Waals surface area contributed by atoms with Crippen molar-refractivity contribution in [3.8, 4) is 0 Å². The average Bonchev–Trinajstić information content (AvgIpc) is 3.13. The molecule has 0 saturated heterocycles. The van der Waals surface area contributed by atoms with E-state index in [0.717, 1.165) is 17.3 Å². The number of halogens is 1. The average molecular weight is 312 g/mol. The summed E-state index contributed by atoms with van der Waals surface area (Å²) in [5.41, 5.74) is 0.701. The molecule has 1 aromatic rings. The van der Waals surface area contributed by atoms with Crippen molar-refractivity contribution in [2.24, 2.45) is 0 Å². The number of carbonyl (C=O) groups is 2. The number of urea groups is 1. The smallest absolute Gasteiger partial charge is 0.315 e. The molecule has 0 aromatic heterocycles. The molecule has 6 heteroatoms. The molecule has 96 valence electrons. The quantitative estimate of drug-likeness (QED) is 0.794. The third-order valence-electron chi connectivity index (χ3n) is 2.45. The first-order valence-corrected chi connectivity index (χ1v) is 6.52. The highest BCUT2D eigenvalue weighted by Crippen LogP contribution is 2.18. The number of anilines is 1. The maximum absolute atomic E-state index is 11.5. The van der Waals surface area contributed by atoms with Gasteiger partial charge < -0.3 is 16.0 Å². The van der Waals surface area contributed by atoms with E-state index in [1.54, 1.807) is 12.1 Å². The van der Waals surface area contributed by atoms with Crippen LogP contribution in [0.4, 0.5) is 10.5 Å². The van der Waals surface area contributed by atoms with Crippen LogP contribution in [0.25, 0.3) is 0 Å². The summed E-state index contributed by atoms with van der Waals surface area (Å²) in [5, 5.41) is 7.95. The summed E-state index contributed by atoms with van der Waals surface area (Å²) in [7, 11) is 0. The van der Waals surface area contributed by atoms with Crippen molar-refractivity contribution >= 4 is 33.6 Å². The van der Waals surface area contributed by atoms with Gasteiger partial charge in [0.15, 0.2) is 0 Å². The van der Waals surface area contributed by atoms with Crippen molar-refractivity contribution in [3.63, 3.8) is 0 Å². The van der Waals surface area contributed by atoms with Gasteiger partial charge in [-0.15, -0.1) is 0 Å². The predicted molar refractivity (Wildman–Crippen MR) is 72.3 cm³/mol. The van der Waals surface area contributed by atoms with Gasteiger partial charge in [-0.2, -0.15) is 0 Å². The van der Waals surface area contributed by atoms with Crippen LogP contribution in [0.1, 0.15) is 12.8 Å². The van der Waals surface area contributed by atoms with Crippen LogP contribution in [0, 0.1) is 0 Å². The Morgan fingerprint density at radius 3 is 2.50 bits per heavy atom. The lowest BCUT2D eigenvalue weighted by atomic mass is 10.3. The van der Waals surface area contributed by atoms with E-state index in [4.69, 9.17) is 0 Å². The molecule has 0 heterocycles. The molecule has 0 aliphatic heterocycles. The molecule has 1 aliphatic rings. The van der Waals surface area contributed by atoms with Crippen LogP contribution in [0.2, 0.25) is 0 Å². The van der Waals surface area contributed by atoms with Crippen LogP contribution < -0.4 is 16.0 Å². The highest BCUT2D eigenvalue weighted by Gasteiger charge is 2.23. The molecule has 3 amide bonds. The van der Waals surface area contributed by atoms with Gasteiger partial charge in [0, 0.05) is 16.2 Å². The SMILES string of the molecule is O=C(CNC(=O)NC1CC1)Nc1ccc(Br)cc1. The summed E-state index contributed by atoms with van der Waals surface area (Å²) >= 11 is 3.31. The van der Waals surface area contributed by atoms with Gasteiger partial charge in [-0.1, -0.05) is 15.9 Å². The van der Waals surface area contributed by atoms with Gasteiger partial charge in [0.05, 0.1) is 6.54 Å². The van der Waals surface area contributed by atoms with E-state index in [1.807, 2.05) is 12.1 Å². The van der Waals surface area contributed by atoms with Gasteiger partial charge in [0.25, 0.3) is 0 Å². The molecule has 18 heavy (non-hydrogen) atoms. The van der Waals surface area contributed by atoms with Gasteiger partial charge >= 0.3 is 6.03 Å². The highest BCUT2D eigenvalue weighted by molar-refractivity contribution is 9.10. The van der Waals surface area contributed by atoms with E-state index >= 15 is 0 Å². The van der Waals surface area contributed by atoms with E-state index in [0.29, 0.717) is 11.7 Å². The maximum atomic E-state index is 11.5. The number of hydrogen-bond donors (Lipinski definition) is 3. The molecule has 0 spiro atoms. The molecular weight excluding hydrogens is 298 g/mol. The number of nitrogens with one attached hydrogen (secondary N) is 3. The van der Waals surface area contributed by atoms with Gasteiger partial charge in [-0.3, -0.25) is 4.79 Å². The molecular formula is C12H14BrN3O2. The first-order chi connectivity index (χ1) is 8.63. The first-order valence-electron chi connectivity index (χ1n) is 5.73. The highest BCUT2D eigenvalue weighted by atomic mass is 79.9. The Morgan fingerprint density at radius 1 is 1.22 bits per heavy atom. The number of amides is 3. The Bertz CT molecular complexity index is 443. The van der Waals surface area contributed by atoms with E-state index in [2.05, 4.69) is 31.9 Å². The molecule has 1 fully saturated rings. The zero-order valence-corrected chi connectivity index (χ0v) is 11.3. The second kappa shape index (κ2) is 5.86. The van der Waals surface area contributed by atoms with Gasteiger partial charge in [-0.05, 0) is 37.1 Å². The van der Waals surface area contributed by atoms with Crippen molar-refractivity contribution in [2.45, 2.75) is 18.9 Å². The monoisotopic (exact) mass is 311 g/mol.